The van der Waals surface area contributed by atoms with Gasteiger partial charge in [0.15, 0.2) is 0 Å². The number of anilines is 2. The Bertz CT molecular complexity index is 2470. The molecule has 2 aromatic heterocycles. The van der Waals surface area contributed by atoms with Crippen LogP contribution in [-0.4, -0.2) is 86.8 Å². The van der Waals surface area contributed by atoms with Crippen molar-refractivity contribution in [3.05, 3.63) is 104 Å². The molecule has 18 heteroatoms. The van der Waals surface area contributed by atoms with Crippen LogP contribution in [0.15, 0.2) is 36.4 Å². The number of hydrogen-bond donors (Lipinski definition) is 4. The van der Waals surface area contributed by atoms with Crippen molar-refractivity contribution in [3.63, 3.8) is 0 Å². The molecule has 2 saturated heterocycles. The number of aryl methyl sites for hydroxylation is 2. The molecule has 4 aromatic rings. The molecule has 63 heavy (non-hydrogen) atoms. The number of carbonyl (C=O) groups excluding carboxylic acids is 6. The Labute approximate surface area is 369 Å². The summed E-state index contributed by atoms with van der Waals surface area (Å²) in [5.74, 6) is -3.37. The van der Waals surface area contributed by atoms with Crippen molar-refractivity contribution in [2.75, 3.05) is 33.6 Å². The van der Waals surface area contributed by atoms with Crippen molar-refractivity contribution >= 4 is 68.2 Å². The molecule has 4 aliphatic heterocycles. The molecule has 4 amide bonds. The third-order valence-corrected chi connectivity index (χ3v) is 15.6. The van der Waals surface area contributed by atoms with Crippen LogP contribution in [0.5, 0.6) is 0 Å². The summed E-state index contributed by atoms with van der Waals surface area (Å²) >= 11 is 0. The van der Waals surface area contributed by atoms with Crippen molar-refractivity contribution < 1.29 is 46.0 Å². The van der Waals surface area contributed by atoms with Gasteiger partial charge in [-0.2, -0.15) is 0 Å². The second kappa shape index (κ2) is 17.9. The number of benzene rings is 2. The second-order valence-corrected chi connectivity index (χ2v) is 20.0. The van der Waals surface area contributed by atoms with Gasteiger partial charge in [0.25, 0.3) is 35.2 Å². The fourth-order valence-corrected chi connectivity index (χ4v) is 11.7. The first kappa shape index (κ1) is 46.9. The van der Waals surface area contributed by atoms with Gasteiger partial charge in [-0.3, -0.25) is 37.2 Å². The quantitative estimate of drug-likeness (QED) is 0.124. The van der Waals surface area contributed by atoms with Gasteiger partial charge in [0, 0.05) is 80.5 Å². The molecule has 0 unspecified atom stereocenters. The van der Waals surface area contributed by atoms with Crippen LogP contribution in [0.1, 0.15) is 109 Å². The third-order valence-electron chi connectivity index (χ3n) is 11.7. The van der Waals surface area contributed by atoms with Crippen LogP contribution in [0.2, 0.25) is 0 Å². The Morgan fingerprint density at radius 2 is 0.952 bits per heavy atom. The van der Waals surface area contributed by atoms with Crippen LogP contribution in [-0.2, 0) is 57.1 Å². The Balaban J connectivity index is 0.000000206. The number of aromatic nitrogens is 2. The van der Waals surface area contributed by atoms with E-state index in [2.05, 4.69) is 21.3 Å². The summed E-state index contributed by atoms with van der Waals surface area (Å²) in [6, 6.07) is 8.88. The molecule has 6 heterocycles. The number of nitrogens with zero attached hydrogens (tertiary/aromatic N) is 2. The molecule has 4 N–H and O–H groups in total. The van der Waals surface area contributed by atoms with Crippen LogP contribution in [0.25, 0.3) is 0 Å². The van der Waals surface area contributed by atoms with Gasteiger partial charge >= 0.3 is 0 Å². The topological polar surface area (TPSA) is 195 Å². The fourth-order valence-electron chi connectivity index (χ4n) is 8.72. The number of fused-ring (bicyclic) bond motifs is 2. The normalized spacial score (nSPS) is 21.5. The highest BCUT2D eigenvalue weighted by atomic mass is 32.2. The minimum Gasteiger partial charge on any atom is -0.342 e. The molecule has 0 radical (unpaired) electrons. The van der Waals surface area contributed by atoms with E-state index in [4.69, 9.17) is 0 Å². The van der Waals surface area contributed by atoms with Gasteiger partial charge in [0.05, 0.1) is 22.2 Å². The largest absolute Gasteiger partial charge is 0.342 e. The molecule has 4 aliphatic rings. The van der Waals surface area contributed by atoms with Crippen molar-refractivity contribution in [2.45, 2.75) is 98.8 Å². The number of Topliss-reactive ketones (excluding diaryl/α,β-unsaturated/α-hetero) is 2. The van der Waals surface area contributed by atoms with Crippen LogP contribution in [0, 0.1) is 39.3 Å². The van der Waals surface area contributed by atoms with Gasteiger partial charge < -0.3 is 30.4 Å². The second-order valence-electron chi connectivity index (χ2n) is 17.1. The third kappa shape index (κ3) is 9.23. The van der Waals surface area contributed by atoms with E-state index in [0.29, 0.717) is 105 Å². The number of amides is 4. The van der Waals surface area contributed by atoms with Crippen molar-refractivity contribution in [3.8, 4) is 0 Å². The predicted molar refractivity (Wildman–Crippen MR) is 237 cm³/mol. The van der Waals surface area contributed by atoms with Crippen molar-refractivity contribution in [2.24, 2.45) is 0 Å². The van der Waals surface area contributed by atoms with E-state index in [9.17, 15) is 46.0 Å². The number of nitrogens with one attached hydrogen (secondary N) is 4. The van der Waals surface area contributed by atoms with E-state index in [1.165, 1.54) is 12.1 Å². The Kier molecular flexibility index (Phi) is 13.3. The van der Waals surface area contributed by atoms with Crippen LogP contribution in [0.3, 0.4) is 0 Å². The first-order valence-electron chi connectivity index (χ1n) is 20.2. The molecule has 336 valence electrons. The average Bonchev–Trinajstić information content (AvgIpc) is 3.94. The lowest BCUT2D eigenvalue weighted by molar-refractivity contribution is -0.119. The molecule has 0 saturated carbocycles. The number of hydrogen-bond acceptors (Lipinski definition) is 8. The molecule has 0 atom stereocenters. The summed E-state index contributed by atoms with van der Waals surface area (Å²) < 4.78 is 54.1. The highest BCUT2D eigenvalue weighted by Gasteiger charge is 2.43. The van der Waals surface area contributed by atoms with Gasteiger partial charge in [-0.15, -0.1) is 0 Å². The molecular formula is C45H52F2N6O8S2. The van der Waals surface area contributed by atoms with Crippen LogP contribution < -0.4 is 21.3 Å². The van der Waals surface area contributed by atoms with Crippen LogP contribution in [0.4, 0.5) is 20.2 Å². The van der Waals surface area contributed by atoms with E-state index in [1.807, 2.05) is 0 Å². The number of rotatable bonds is 10. The number of ketones is 2. The van der Waals surface area contributed by atoms with E-state index < -0.39 is 79.5 Å². The zero-order chi connectivity index (χ0) is 45.0. The minimum atomic E-state index is -0.974. The van der Waals surface area contributed by atoms with Gasteiger partial charge in [-0.05, 0) is 114 Å². The standard InChI is InChI=1S/2C22H24FN3O4S.CH4/c2*1-12-6-7-14(9-15(12)23)24-20(28)18-13(2)17(16-5-4-8-26(16)18)19(27)21(29)25-22(3)10-31(30)11-22;/h2*6-7,9H,4-5,8,10-11H2,1-3H3,(H,24,28)(H,25,29);1H4. The summed E-state index contributed by atoms with van der Waals surface area (Å²) in [6.45, 7) is 11.2. The number of halogens is 2. The summed E-state index contributed by atoms with van der Waals surface area (Å²) in [4.78, 5) is 77.3. The zero-order valence-electron chi connectivity index (χ0n) is 35.3. The molecule has 8 rings (SSSR count). The highest BCUT2D eigenvalue weighted by molar-refractivity contribution is 7.87. The van der Waals surface area contributed by atoms with Crippen molar-refractivity contribution in [1.82, 2.24) is 19.8 Å². The summed E-state index contributed by atoms with van der Waals surface area (Å²) in [7, 11) is -1.95. The smallest absolute Gasteiger partial charge is 0.292 e. The molecule has 2 fully saturated rings. The van der Waals surface area contributed by atoms with E-state index in [0.717, 1.165) is 12.8 Å². The monoisotopic (exact) mass is 906 g/mol. The fraction of sp³-hybridized carbons (Fsp3) is 0.422. The van der Waals surface area contributed by atoms with Crippen LogP contribution >= 0.6 is 0 Å². The molecule has 0 bridgehead atoms. The Morgan fingerprint density at radius 3 is 1.27 bits per heavy atom. The molecule has 0 aliphatic carbocycles. The summed E-state index contributed by atoms with van der Waals surface area (Å²) in [5, 5.41) is 10.8. The lowest BCUT2D eigenvalue weighted by atomic mass is 10.0. The van der Waals surface area contributed by atoms with Crippen molar-refractivity contribution in [1.29, 1.82) is 0 Å². The minimum absolute atomic E-state index is 0. The molecular weight excluding hydrogens is 855 g/mol. The SMILES string of the molecule is C.Cc1ccc(NC(=O)c2c(C)c(C(=O)C(=O)NC3(C)CS(=O)C3)c3n2CCC3)cc1F.Cc1ccc(NC(=O)c2c(C)c(C(=O)C(=O)NC3(C)CS(=O)C3)c3n2CCC3)cc1F. The molecule has 14 nitrogen and oxygen atoms in total. The zero-order valence-corrected chi connectivity index (χ0v) is 36.9. The predicted octanol–water partition coefficient (Wildman–Crippen LogP) is 5.16. The lowest BCUT2D eigenvalue weighted by Gasteiger charge is -2.37. The molecule has 2 aromatic carbocycles. The van der Waals surface area contributed by atoms with E-state index >= 15 is 0 Å². The maximum Gasteiger partial charge on any atom is 0.292 e. The maximum absolute atomic E-state index is 13.9. The van der Waals surface area contributed by atoms with Gasteiger partial charge in [-0.25, -0.2) is 8.78 Å². The highest BCUT2D eigenvalue weighted by Crippen LogP contribution is 2.33. The first-order valence-corrected chi connectivity index (χ1v) is 23.2. The Hall–Kier alpha value is -5.62. The van der Waals surface area contributed by atoms with Gasteiger partial charge in [-0.1, -0.05) is 19.6 Å². The number of carbonyl (C=O) groups is 6. The summed E-state index contributed by atoms with van der Waals surface area (Å²) in [5.41, 5.74) is 3.59. The first-order chi connectivity index (χ1) is 29.2. The van der Waals surface area contributed by atoms with Gasteiger partial charge in [0.1, 0.15) is 23.0 Å². The molecule has 0 spiro atoms. The summed E-state index contributed by atoms with van der Waals surface area (Å²) in [6.07, 6.45) is 2.69. The van der Waals surface area contributed by atoms with Gasteiger partial charge in [0.2, 0.25) is 0 Å². The Morgan fingerprint density at radius 1 is 0.603 bits per heavy atom. The van der Waals surface area contributed by atoms with E-state index in [1.54, 1.807) is 74.9 Å². The van der Waals surface area contributed by atoms with E-state index in [-0.39, 0.29) is 18.6 Å². The average molecular weight is 907 g/mol. The lowest BCUT2D eigenvalue weighted by Crippen LogP contribution is -2.62. The maximum atomic E-state index is 13.9.